The summed E-state index contributed by atoms with van der Waals surface area (Å²) in [6, 6.07) is 1.16. The molecule has 100 valence electrons. The van der Waals surface area contributed by atoms with Crippen LogP contribution in [0.25, 0.3) is 0 Å². The molecule has 0 aromatic rings. The minimum absolute atomic E-state index is 0.111. The molecule has 3 heteroatoms. The Kier molecular flexibility index (Phi) is 5.26. The number of hydrogen-bond donors (Lipinski definition) is 2. The average Bonchev–Trinajstić information content (AvgIpc) is 2.85. The van der Waals surface area contributed by atoms with Gasteiger partial charge in [0.2, 0.25) is 0 Å². The zero-order valence-electron chi connectivity index (χ0n) is 11.2. The largest absolute Gasteiger partial charge is 0.392 e. The molecule has 0 amide bonds. The van der Waals surface area contributed by atoms with Crippen molar-refractivity contribution in [2.75, 3.05) is 20.1 Å². The molecule has 2 saturated carbocycles. The molecule has 2 atom stereocenters. The van der Waals surface area contributed by atoms with Gasteiger partial charge in [0.05, 0.1) is 6.10 Å². The summed E-state index contributed by atoms with van der Waals surface area (Å²) < 4.78 is 0. The van der Waals surface area contributed by atoms with Crippen molar-refractivity contribution in [1.82, 2.24) is 10.2 Å². The molecule has 0 aliphatic heterocycles. The van der Waals surface area contributed by atoms with Crippen molar-refractivity contribution in [3.05, 3.63) is 0 Å². The summed E-state index contributed by atoms with van der Waals surface area (Å²) in [5.41, 5.74) is 0. The van der Waals surface area contributed by atoms with Gasteiger partial charge in [-0.15, -0.1) is 0 Å². The van der Waals surface area contributed by atoms with Gasteiger partial charge in [0.25, 0.3) is 0 Å². The predicted molar refractivity (Wildman–Crippen MR) is 71.2 cm³/mol. The molecule has 0 unspecified atom stereocenters. The van der Waals surface area contributed by atoms with E-state index in [1.54, 1.807) is 0 Å². The summed E-state index contributed by atoms with van der Waals surface area (Å²) in [5, 5.41) is 13.4. The van der Waals surface area contributed by atoms with Crippen molar-refractivity contribution in [3.63, 3.8) is 0 Å². The normalized spacial score (nSPS) is 31.2. The molecule has 0 heterocycles. The highest BCUT2D eigenvalue weighted by atomic mass is 16.3. The van der Waals surface area contributed by atoms with E-state index in [9.17, 15) is 5.11 Å². The van der Waals surface area contributed by atoms with Crippen LogP contribution in [-0.4, -0.2) is 48.3 Å². The third-order valence-corrected chi connectivity index (χ3v) is 4.55. The van der Waals surface area contributed by atoms with Crippen molar-refractivity contribution in [3.8, 4) is 0 Å². The Morgan fingerprint density at radius 2 is 1.71 bits per heavy atom. The van der Waals surface area contributed by atoms with Crippen LogP contribution in [0, 0.1) is 0 Å². The topological polar surface area (TPSA) is 35.5 Å². The molecule has 2 aliphatic carbocycles. The van der Waals surface area contributed by atoms with Gasteiger partial charge < -0.3 is 15.3 Å². The van der Waals surface area contributed by atoms with Gasteiger partial charge in [0, 0.05) is 25.2 Å². The van der Waals surface area contributed by atoms with Gasteiger partial charge >= 0.3 is 0 Å². The molecule has 0 aromatic carbocycles. The quantitative estimate of drug-likeness (QED) is 0.768. The summed E-state index contributed by atoms with van der Waals surface area (Å²) in [6.45, 7) is 2.14. The number of rotatable bonds is 5. The number of hydrogen-bond acceptors (Lipinski definition) is 3. The molecule has 0 radical (unpaired) electrons. The van der Waals surface area contributed by atoms with Crippen molar-refractivity contribution in [2.45, 2.75) is 69.6 Å². The van der Waals surface area contributed by atoms with Crippen LogP contribution in [0.15, 0.2) is 0 Å². The first kappa shape index (κ1) is 13.3. The second-order valence-electron chi connectivity index (χ2n) is 5.83. The van der Waals surface area contributed by atoms with E-state index in [1.165, 1.54) is 38.5 Å². The number of nitrogens with zero attached hydrogens (tertiary/aromatic N) is 1. The maximum atomic E-state index is 9.87. The fraction of sp³-hybridized carbons (Fsp3) is 1.00. The Labute approximate surface area is 106 Å². The van der Waals surface area contributed by atoms with Crippen molar-refractivity contribution >= 4 is 0 Å². The molecule has 3 nitrogen and oxygen atoms in total. The lowest BCUT2D eigenvalue weighted by Gasteiger charge is -2.30. The van der Waals surface area contributed by atoms with Crippen LogP contribution in [0.3, 0.4) is 0 Å². The fourth-order valence-corrected chi connectivity index (χ4v) is 3.30. The zero-order chi connectivity index (χ0) is 12.1. The standard InChI is InChI=1S/C14H28N2O/c1-16(12-6-2-3-7-12)11-10-15-13-8-4-5-9-14(13)17/h12-15,17H,2-11H2,1H3/t13-,14-/m0/s1. The van der Waals surface area contributed by atoms with Gasteiger partial charge in [-0.05, 0) is 32.7 Å². The van der Waals surface area contributed by atoms with Crippen LogP contribution < -0.4 is 5.32 Å². The molecular weight excluding hydrogens is 212 g/mol. The highest BCUT2D eigenvalue weighted by Gasteiger charge is 2.23. The van der Waals surface area contributed by atoms with Crippen LogP contribution in [0.4, 0.5) is 0 Å². The van der Waals surface area contributed by atoms with E-state index in [4.69, 9.17) is 0 Å². The van der Waals surface area contributed by atoms with E-state index in [0.717, 1.165) is 32.0 Å². The third-order valence-electron chi connectivity index (χ3n) is 4.55. The second-order valence-corrected chi connectivity index (χ2v) is 5.83. The first-order valence-electron chi connectivity index (χ1n) is 7.39. The Bertz CT molecular complexity index is 216. The Morgan fingerprint density at radius 3 is 2.41 bits per heavy atom. The molecular formula is C14H28N2O. The molecule has 0 spiro atoms. The Morgan fingerprint density at radius 1 is 1.06 bits per heavy atom. The molecule has 2 fully saturated rings. The van der Waals surface area contributed by atoms with E-state index < -0.39 is 0 Å². The zero-order valence-corrected chi connectivity index (χ0v) is 11.2. The summed E-state index contributed by atoms with van der Waals surface area (Å²) in [6.07, 6.45) is 10.1. The van der Waals surface area contributed by atoms with Gasteiger partial charge in [-0.1, -0.05) is 25.7 Å². The number of likely N-dealkylation sites (N-methyl/N-ethyl adjacent to an activating group) is 1. The number of nitrogens with one attached hydrogen (secondary N) is 1. The Balaban J connectivity index is 1.61. The maximum absolute atomic E-state index is 9.87. The summed E-state index contributed by atoms with van der Waals surface area (Å²) in [7, 11) is 2.25. The van der Waals surface area contributed by atoms with Crippen molar-refractivity contribution < 1.29 is 5.11 Å². The molecule has 2 N–H and O–H groups in total. The van der Waals surface area contributed by atoms with Crippen LogP contribution in [-0.2, 0) is 0 Å². The van der Waals surface area contributed by atoms with E-state index >= 15 is 0 Å². The smallest absolute Gasteiger partial charge is 0.0693 e. The van der Waals surface area contributed by atoms with Crippen LogP contribution in [0.2, 0.25) is 0 Å². The molecule has 17 heavy (non-hydrogen) atoms. The molecule has 2 rings (SSSR count). The lowest BCUT2D eigenvalue weighted by Crippen LogP contribution is -2.45. The number of aliphatic hydroxyl groups excluding tert-OH is 1. The van der Waals surface area contributed by atoms with Gasteiger partial charge in [-0.3, -0.25) is 0 Å². The number of aliphatic hydroxyl groups is 1. The summed E-state index contributed by atoms with van der Waals surface area (Å²) in [5.74, 6) is 0. The van der Waals surface area contributed by atoms with Crippen LogP contribution >= 0.6 is 0 Å². The van der Waals surface area contributed by atoms with Crippen LogP contribution in [0.5, 0.6) is 0 Å². The first-order valence-corrected chi connectivity index (χ1v) is 7.39. The van der Waals surface area contributed by atoms with Gasteiger partial charge in [0.15, 0.2) is 0 Å². The van der Waals surface area contributed by atoms with Gasteiger partial charge in [-0.25, -0.2) is 0 Å². The van der Waals surface area contributed by atoms with Gasteiger partial charge in [-0.2, -0.15) is 0 Å². The predicted octanol–water partition coefficient (Wildman–Crippen LogP) is 1.75. The molecule has 2 aliphatic rings. The van der Waals surface area contributed by atoms with Crippen LogP contribution in [0.1, 0.15) is 51.4 Å². The molecule has 0 bridgehead atoms. The van der Waals surface area contributed by atoms with E-state index in [-0.39, 0.29) is 6.10 Å². The maximum Gasteiger partial charge on any atom is 0.0693 e. The highest BCUT2D eigenvalue weighted by molar-refractivity contribution is 4.81. The van der Waals surface area contributed by atoms with Crippen molar-refractivity contribution in [1.29, 1.82) is 0 Å². The third kappa shape index (κ3) is 3.94. The monoisotopic (exact) mass is 240 g/mol. The average molecular weight is 240 g/mol. The minimum Gasteiger partial charge on any atom is -0.392 e. The SMILES string of the molecule is CN(CCN[C@H]1CCCC[C@@H]1O)C1CCCC1. The Hall–Kier alpha value is -0.120. The van der Waals surface area contributed by atoms with Crippen molar-refractivity contribution in [2.24, 2.45) is 0 Å². The highest BCUT2D eigenvalue weighted by Crippen LogP contribution is 2.22. The lowest BCUT2D eigenvalue weighted by atomic mass is 9.92. The first-order chi connectivity index (χ1) is 8.27. The fourth-order valence-electron chi connectivity index (χ4n) is 3.30. The molecule has 0 saturated heterocycles. The minimum atomic E-state index is -0.111. The van der Waals surface area contributed by atoms with E-state index in [1.807, 2.05) is 0 Å². The molecule has 0 aromatic heterocycles. The summed E-state index contributed by atoms with van der Waals surface area (Å²) in [4.78, 5) is 2.50. The van der Waals surface area contributed by atoms with Gasteiger partial charge in [0.1, 0.15) is 0 Å². The lowest BCUT2D eigenvalue weighted by molar-refractivity contribution is 0.0889. The second kappa shape index (κ2) is 6.72. The summed E-state index contributed by atoms with van der Waals surface area (Å²) >= 11 is 0. The van der Waals surface area contributed by atoms with E-state index in [2.05, 4.69) is 17.3 Å². The van der Waals surface area contributed by atoms with E-state index in [0.29, 0.717) is 6.04 Å².